The molecule has 2 unspecified atom stereocenters. The fraction of sp³-hybridized carbons (Fsp3) is 0.440. The maximum absolute atomic E-state index is 13.1. The van der Waals surface area contributed by atoms with E-state index in [0.717, 1.165) is 29.4 Å². The Morgan fingerprint density at radius 2 is 1.94 bits per heavy atom. The molecule has 0 amide bonds. The molecule has 4 rings (SSSR count). The zero-order valence-corrected chi connectivity index (χ0v) is 19.7. The third kappa shape index (κ3) is 4.75. The van der Waals surface area contributed by atoms with E-state index in [2.05, 4.69) is 20.8 Å². The number of para-hydroxylation sites is 2. The first-order chi connectivity index (χ1) is 14.8. The number of aromatic nitrogens is 2. The molecule has 0 spiro atoms. The summed E-state index contributed by atoms with van der Waals surface area (Å²) in [5.74, 6) is 1.93. The number of ether oxygens (including phenoxy) is 1. The van der Waals surface area contributed by atoms with E-state index < -0.39 is 0 Å². The molecule has 0 aliphatic heterocycles. The lowest BCUT2D eigenvalue weighted by Gasteiger charge is -2.36. The molecule has 1 fully saturated rings. The molecule has 3 atom stereocenters. The van der Waals surface area contributed by atoms with Crippen molar-refractivity contribution in [2.24, 2.45) is 17.8 Å². The minimum Gasteiger partial charge on any atom is -0.461 e. The van der Waals surface area contributed by atoms with Gasteiger partial charge in [-0.3, -0.25) is 4.79 Å². The van der Waals surface area contributed by atoms with Crippen LogP contribution in [0.25, 0.3) is 22.4 Å². The van der Waals surface area contributed by atoms with Crippen LogP contribution in [0.15, 0.2) is 42.5 Å². The van der Waals surface area contributed by atoms with Crippen LogP contribution in [0.5, 0.6) is 0 Å². The van der Waals surface area contributed by atoms with Crippen LogP contribution in [0.4, 0.5) is 0 Å². The van der Waals surface area contributed by atoms with Crippen LogP contribution >= 0.6 is 23.2 Å². The SMILES string of the molecule is CC1CCC(C(C)C)[C@H](OC(=O)Cn2c(-c3ccc(Cl)c(Cl)c3)nc3ccccc32)C1. The Hall–Kier alpha value is -2.04. The normalized spacial score (nSPS) is 21.5. The average molecular weight is 459 g/mol. The van der Waals surface area contributed by atoms with E-state index in [4.69, 9.17) is 32.9 Å². The number of benzene rings is 2. The molecule has 4 nitrogen and oxygen atoms in total. The number of carbonyl (C=O) groups excluding carboxylic acids is 1. The number of hydrogen-bond donors (Lipinski definition) is 0. The molecule has 1 aliphatic rings. The van der Waals surface area contributed by atoms with Gasteiger partial charge in [-0.05, 0) is 60.9 Å². The maximum atomic E-state index is 13.1. The van der Waals surface area contributed by atoms with Crippen molar-refractivity contribution in [3.63, 3.8) is 0 Å². The first-order valence-corrected chi connectivity index (χ1v) is 11.7. The number of rotatable bonds is 5. The summed E-state index contributed by atoms with van der Waals surface area (Å²) in [7, 11) is 0. The number of fused-ring (bicyclic) bond motifs is 1. The van der Waals surface area contributed by atoms with E-state index in [1.165, 1.54) is 6.42 Å². The third-order valence-corrected chi connectivity index (χ3v) is 7.10. The summed E-state index contributed by atoms with van der Waals surface area (Å²) in [6.07, 6.45) is 3.21. The molecule has 2 aromatic carbocycles. The number of imidazole rings is 1. The summed E-state index contributed by atoms with van der Waals surface area (Å²) in [5, 5.41) is 0.940. The summed E-state index contributed by atoms with van der Waals surface area (Å²) in [4.78, 5) is 17.8. The largest absolute Gasteiger partial charge is 0.461 e. The van der Waals surface area contributed by atoms with Crippen LogP contribution in [-0.4, -0.2) is 21.6 Å². The molecular formula is C25H28Cl2N2O2. The molecule has 1 heterocycles. The standard InChI is InChI=1S/C25H28Cl2N2O2/c1-15(2)18-10-8-16(3)12-23(18)31-24(30)14-29-22-7-5-4-6-21(22)28-25(29)17-9-11-19(26)20(27)13-17/h4-7,9,11,13,15-16,18,23H,8,10,12,14H2,1-3H3/t16?,18?,23-/m1/s1. The molecule has 3 aromatic rings. The zero-order chi connectivity index (χ0) is 22.1. The van der Waals surface area contributed by atoms with Gasteiger partial charge >= 0.3 is 5.97 Å². The molecule has 0 bridgehead atoms. The van der Waals surface area contributed by atoms with Gasteiger partial charge < -0.3 is 9.30 Å². The van der Waals surface area contributed by atoms with Crippen LogP contribution in [-0.2, 0) is 16.1 Å². The fourth-order valence-corrected chi connectivity index (χ4v) is 4.97. The van der Waals surface area contributed by atoms with Gasteiger partial charge in [-0.1, -0.05) is 62.5 Å². The number of nitrogens with zero attached hydrogens (tertiary/aromatic N) is 2. The smallest absolute Gasteiger partial charge is 0.326 e. The number of carbonyl (C=O) groups is 1. The van der Waals surface area contributed by atoms with Gasteiger partial charge in [0.15, 0.2) is 0 Å². The molecule has 0 saturated heterocycles. The minimum atomic E-state index is -0.228. The quantitative estimate of drug-likeness (QED) is 0.386. The van der Waals surface area contributed by atoms with Crippen LogP contribution < -0.4 is 0 Å². The molecule has 1 aliphatic carbocycles. The molecule has 0 radical (unpaired) electrons. The van der Waals surface area contributed by atoms with Gasteiger partial charge in [0.05, 0.1) is 21.1 Å². The number of esters is 1. The lowest BCUT2D eigenvalue weighted by atomic mass is 9.75. The molecule has 0 N–H and O–H groups in total. The number of hydrogen-bond acceptors (Lipinski definition) is 3. The highest BCUT2D eigenvalue weighted by atomic mass is 35.5. The van der Waals surface area contributed by atoms with Gasteiger partial charge in [-0.25, -0.2) is 4.98 Å². The van der Waals surface area contributed by atoms with Crippen molar-refractivity contribution in [2.45, 2.75) is 52.7 Å². The Balaban J connectivity index is 1.64. The highest BCUT2D eigenvalue weighted by Gasteiger charge is 2.33. The van der Waals surface area contributed by atoms with E-state index in [9.17, 15) is 4.79 Å². The second kappa shape index (κ2) is 9.22. The van der Waals surface area contributed by atoms with Crippen molar-refractivity contribution < 1.29 is 9.53 Å². The van der Waals surface area contributed by atoms with E-state index in [1.807, 2.05) is 34.9 Å². The van der Waals surface area contributed by atoms with Crippen molar-refractivity contribution in [1.29, 1.82) is 0 Å². The fourth-order valence-electron chi connectivity index (χ4n) is 4.68. The first kappa shape index (κ1) is 22.2. The van der Waals surface area contributed by atoms with Gasteiger partial charge in [0.2, 0.25) is 0 Å². The van der Waals surface area contributed by atoms with Crippen LogP contribution in [0, 0.1) is 17.8 Å². The predicted molar refractivity (Wildman–Crippen MR) is 126 cm³/mol. The van der Waals surface area contributed by atoms with E-state index in [-0.39, 0.29) is 18.6 Å². The van der Waals surface area contributed by atoms with Crippen LogP contribution in [0.2, 0.25) is 10.0 Å². The van der Waals surface area contributed by atoms with Gasteiger partial charge in [-0.2, -0.15) is 0 Å². The Bertz CT molecular complexity index is 1090. The molecule has 31 heavy (non-hydrogen) atoms. The molecule has 1 aromatic heterocycles. The molecule has 1 saturated carbocycles. The van der Waals surface area contributed by atoms with E-state index >= 15 is 0 Å². The second-order valence-electron chi connectivity index (χ2n) is 8.99. The minimum absolute atomic E-state index is 0.0283. The van der Waals surface area contributed by atoms with Crippen molar-refractivity contribution in [2.75, 3.05) is 0 Å². The summed E-state index contributed by atoms with van der Waals surface area (Å²) in [6.45, 7) is 6.77. The first-order valence-electron chi connectivity index (χ1n) is 10.9. The Morgan fingerprint density at radius 1 is 1.16 bits per heavy atom. The van der Waals surface area contributed by atoms with Crippen molar-refractivity contribution >= 4 is 40.2 Å². The lowest BCUT2D eigenvalue weighted by Crippen LogP contribution is -2.36. The highest BCUT2D eigenvalue weighted by molar-refractivity contribution is 6.42. The highest BCUT2D eigenvalue weighted by Crippen LogP contribution is 2.36. The van der Waals surface area contributed by atoms with Crippen molar-refractivity contribution in [3.05, 3.63) is 52.5 Å². The molecule has 164 valence electrons. The van der Waals surface area contributed by atoms with Gasteiger partial charge in [0, 0.05) is 5.56 Å². The number of halogens is 2. The van der Waals surface area contributed by atoms with Gasteiger partial charge in [0.25, 0.3) is 0 Å². The average Bonchev–Trinajstić information content (AvgIpc) is 3.08. The Kier molecular flexibility index (Phi) is 6.59. The summed E-state index contributed by atoms with van der Waals surface area (Å²) in [6, 6.07) is 13.2. The summed E-state index contributed by atoms with van der Waals surface area (Å²) < 4.78 is 7.97. The van der Waals surface area contributed by atoms with Gasteiger partial charge in [0.1, 0.15) is 18.5 Å². The summed E-state index contributed by atoms with van der Waals surface area (Å²) in [5.41, 5.74) is 2.52. The summed E-state index contributed by atoms with van der Waals surface area (Å²) >= 11 is 12.3. The van der Waals surface area contributed by atoms with Crippen molar-refractivity contribution in [1.82, 2.24) is 9.55 Å². The predicted octanol–water partition coefficient (Wildman–Crippen LogP) is 7.01. The second-order valence-corrected chi connectivity index (χ2v) is 9.81. The maximum Gasteiger partial charge on any atom is 0.326 e. The Labute approximate surface area is 193 Å². The molecular weight excluding hydrogens is 431 g/mol. The van der Waals surface area contributed by atoms with Crippen molar-refractivity contribution in [3.8, 4) is 11.4 Å². The van der Waals surface area contributed by atoms with Crippen LogP contribution in [0.1, 0.15) is 40.0 Å². The topological polar surface area (TPSA) is 44.1 Å². The third-order valence-electron chi connectivity index (χ3n) is 6.36. The Morgan fingerprint density at radius 3 is 2.68 bits per heavy atom. The van der Waals surface area contributed by atoms with Gasteiger partial charge in [-0.15, -0.1) is 0 Å². The van der Waals surface area contributed by atoms with E-state index in [1.54, 1.807) is 12.1 Å². The lowest BCUT2D eigenvalue weighted by molar-refractivity contribution is -0.156. The van der Waals surface area contributed by atoms with Crippen LogP contribution in [0.3, 0.4) is 0 Å². The zero-order valence-electron chi connectivity index (χ0n) is 18.1. The molecule has 6 heteroatoms. The monoisotopic (exact) mass is 458 g/mol. The van der Waals surface area contributed by atoms with E-state index in [0.29, 0.717) is 33.6 Å².